The highest BCUT2D eigenvalue weighted by atomic mass is 32.2. The second-order valence-electron chi connectivity index (χ2n) is 5.02. The average Bonchev–Trinajstić information content (AvgIpc) is 2.46. The topological polar surface area (TPSA) is 45.2 Å². The highest BCUT2D eigenvalue weighted by Gasteiger charge is 2.18. The highest BCUT2D eigenvalue weighted by Crippen LogP contribution is 2.18. The van der Waals surface area contributed by atoms with Gasteiger partial charge in [-0.3, -0.25) is 4.79 Å². The maximum atomic E-state index is 12.2. The zero-order valence-electron chi connectivity index (χ0n) is 11.6. The lowest BCUT2D eigenvalue weighted by atomic mass is 9.97. The predicted octanol–water partition coefficient (Wildman–Crippen LogP) is 1.88. The molecule has 1 aliphatic rings. The van der Waals surface area contributed by atoms with Crippen LogP contribution in [0, 0.1) is 5.92 Å². The number of rotatable bonds is 4. The monoisotopic (exact) mass is 279 g/mol. The lowest BCUT2D eigenvalue weighted by Gasteiger charge is -2.28. The first-order valence-electron chi connectivity index (χ1n) is 6.66. The summed E-state index contributed by atoms with van der Waals surface area (Å²) in [6.07, 6.45) is 5.99. The van der Waals surface area contributed by atoms with E-state index in [2.05, 4.69) is 22.2 Å². The van der Waals surface area contributed by atoms with Gasteiger partial charge in [-0.15, -0.1) is 11.8 Å². The fourth-order valence-electron chi connectivity index (χ4n) is 2.32. The van der Waals surface area contributed by atoms with Crippen molar-refractivity contribution in [3.8, 4) is 0 Å². The van der Waals surface area contributed by atoms with Crippen molar-refractivity contribution in [2.24, 2.45) is 5.92 Å². The molecule has 1 fully saturated rings. The number of nitrogens with one attached hydrogen (secondary N) is 1. The van der Waals surface area contributed by atoms with Crippen LogP contribution in [-0.2, 0) is 0 Å². The first-order valence-corrected chi connectivity index (χ1v) is 7.89. The minimum Gasteiger partial charge on any atom is -0.352 e. The van der Waals surface area contributed by atoms with E-state index in [0.29, 0.717) is 11.5 Å². The molecule has 0 aliphatic carbocycles. The molecule has 0 unspecified atom stereocenters. The van der Waals surface area contributed by atoms with Gasteiger partial charge in [0.2, 0.25) is 0 Å². The number of hydrogen-bond acceptors (Lipinski definition) is 4. The van der Waals surface area contributed by atoms with Crippen LogP contribution >= 0.6 is 11.8 Å². The molecule has 0 spiro atoms. The van der Waals surface area contributed by atoms with Crippen molar-refractivity contribution in [1.29, 1.82) is 0 Å². The Morgan fingerprint density at radius 2 is 2.26 bits per heavy atom. The standard InChI is InChI=1S/C14H21N3OS/c1-17-8-5-11(6-9-17)10-16-13(18)12-4-3-7-15-14(12)19-2/h3-4,7,11H,5-6,8-10H2,1-2H3,(H,16,18). The van der Waals surface area contributed by atoms with Gasteiger partial charge < -0.3 is 10.2 Å². The molecule has 2 rings (SSSR count). The van der Waals surface area contributed by atoms with E-state index >= 15 is 0 Å². The molecule has 5 heteroatoms. The van der Waals surface area contributed by atoms with Crippen LogP contribution in [0.1, 0.15) is 23.2 Å². The van der Waals surface area contributed by atoms with Gasteiger partial charge in [-0.1, -0.05) is 0 Å². The number of hydrogen-bond donors (Lipinski definition) is 1. The summed E-state index contributed by atoms with van der Waals surface area (Å²) in [5.74, 6) is 0.603. The maximum absolute atomic E-state index is 12.2. The summed E-state index contributed by atoms with van der Waals surface area (Å²) in [6, 6.07) is 3.65. The molecule has 1 aromatic rings. The molecule has 1 saturated heterocycles. The number of carbonyl (C=O) groups excluding carboxylic acids is 1. The minimum absolute atomic E-state index is 0.00335. The van der Waals surface area contributed by atoms with Gasteiger partial charge in [0, 0.05) is 12.7 Å². The van der Waals surface area contributed by atoms with Crippen LogP contribution in [-0.4, -0.2) is 48.7 Å². The predicted molar refractivity (Wildman–Crippen MR) is 78.6 cm³/mol. The summed E-state index contributed by atoms with van der Waals surface area (Å²) >= 11 is 1.51. The molecule has 1 N–H and O–H groups in total. The van der Waals surface area contributed by atoms with Crippen LogP contribution in [0.3, 0.4) is 0 Å². The summed E-state index contributed by atoms with van der Waals surface area (Å²) in [7, 11) is 2.15. The number of carbonyl (C=O) groups is 1. The second-order valence-corrected chi connectivity index (χ2v) is 5.81. The van der Waals surface area contributed by atoms with Gasteiger partial charge in [-0.2, -0.15) is 0 Å². The van der Waals surface area contributed by atoms with Crippen LogP contribution in [0.15, 0.2) is 23.4 Å². The van der Waals surface area contributed by atoms with Crippen LogP contribution in [0.4, 0.5) is 0 Å². The van der Waals surface area contributed by atoms with Gasteiger partial charge in [0.15, 0.2) is 0 Å². The van der Waals surface area contributed by atoms with Crippen molar-refractivity contribution in [1.82, 2.24) is 15.2 Å². The van der Waals surface area contributed by atoms with E-state index in [9.17, 15) is 4.79 Å². The number of aromatic nitrogens is 1. The summed E-state index contributed by atoms with van der Waals surface area (Å²) in [5.41, 5.74) is 0.683. The van der Waals surface area contributed by atoms with Crippen molar-refractivity contribution in [3.05, 3.63) is 23.9 Å². The largest absolute Gasteiger partial charge is 0.352 e. The van der Waals surface area contributed by atoms with Gasteiger partial charge in [0.25, 0.3) is 5.91 Å². The molecule has 2 heterocycles. The average molecular weight is 279 g/mol. The Kier molecular flexibility index (Phi) is 5.22. The lowest BCUT2D eigenvalue weighted by Crippen LogP contribution is -2.37. The van der Waals surface area contributed by atoms with Crippen LogP contribution < -0.4 is 5.32 Å². The van der Waals surface area contributed by atoms with Crippen LogP contribution in [0.2, 0.25) is 0 Å². The third kappa shape index (κ3) is 3.94. The SMILES string of the molecule is CSc1ncccc1C(=O)NCC1CCN(C)CC1. The summed E-state index contributed by atoms with van der Waals surface area (Å²) in [6.45, 7) is 3.03. The van der Waals surface area contributed by atoms with Crippen molar-refractivity contribution in [2.75, 3.05) is 32.9 Å². The van der Waals surface area contributed by atoms with E-state index in [1.54, 1.807) is 6.20 Å². The second kappa shape index (κ2) is 6.91. The Morgan fingerprint density at radius 3 is 2.95 bits per heavy atom. The Labute approximate surface area is 119 Å². The summed E-state index contributed by atoms with van der Waals surface area (Å²) in [4.78, 5) is 18.7. The van der Waals surface area contributed by atoms with Crippen molar-refractivity contribution >= 4 is 17.7 Å². The minimum atomic E-state index is -0.00335. The van der Waals surface area contributed by atoms with E-state index in [1.165, 1.54) is 24.6 Å². The van der Waals surface area contributed by atoms with E-state index < -0.39 is 0 Å². The molecule has 1 aliphatic heterocycles. The van der Waals surface area contributed by atoms with Crippen molar-refractivity contribution < 1.29 is 4.79 Å². The fourth-order valence-corrected chi connectivity index (χ4v) is 2.87. The first kappa shape index (κ1) is 14.3. The molecule has 0 bridgehead atoms. The fraction of sp³-hybridized carbons (Fsp3) is 0.571. The number of thioether (sulfide) groups is 1. The molecular formula is C14H21N3OS. The number of nitrogens with zero attached hydrogens (tertiary/aromatic N) is 2. The zero-order valence-corrected chi connectivity index (χ0v) is 12.4. The summed E-state index contributed by atoms with van der Waals surface area (Å²) < 4.78 is 0. The third-order valence-electron chi connectivity index (χ3n) is 3.60. The normalized spacial score (nSPS) is 17.4. The van der Waals surface area contributed by atoms with E-state index in [-0.39, 0.29) is 5.91 Å². The molecule has 1 aromatic heterocycles. The number of piperidine rings is 1. The number of amides is 1. The third-order valence-corrected chi connectivity index (χ3v) is 4.31. The Balaban J connectivity index is 1.87. The molecule has 0 radical (unpaired) electrons. The van der Waals surface area contributed by atoms with Crippen molar-refractivity contribution in [2.45, 2.75) is 17.9 Å². The maximum Gasteiger partial charge on any atom is 0.254 e. The molecule has 0 atom stereocenters. The lowest BCUT2D eigenvalue weighted by molar-refractivity contribution is 0.0935. The zero-order chi connectivity index (χ0) is 13.7. The number of pyridine rings is 1. The van der Waals surface area contributed by atoms with Gasteiger partial charge in [0.05, 0.1) is 5.56 Å². The first-order chi connectivity index (χ1) is 9.20. The van der Waals surface area contributed by atoms with Crippen LogP contribution in [0.5, 0.6) is 0 Å². The Morgan fingerprint density at radius 1 is 1.53 bits per heavy atom. The van der Waals surface area contributed by atoms with Crippen LogP contribution in [0.25, 0.3) is 0 Å². The summed E-state index contributed by atoms with van der Waals surface area (Å²) in [5, 5.41) is 3.84. The van der Waals surface area contributed by atoms with E-state index in [4.69, 9.17) is 0 Å². The molecular weight excluding hydrogens is 258 g/mol. The smallest absolute Gasteiger partial charge is 0.254 e. The molecule has 19 heavy (non-hydrogen) atoms. The van der Waals surface area contributed by atoms with Crippen molar-refractivity contribution in [3.63, 3.8) is 0 Å². The van der Waals surface area contributed by atoms with Gasteiger partial charge in [-0.05, 0) is 57.3 Å². The van der Waals surface area contributed by atoms with E-state index in [0.717, 1.165) is 24.7 Å². The Bertz CT molecular complexity index is 430. The van der Waals surface area contributed by atoms with Gasteiger partial charge in [0.1, 0.15) is 5.03 Å². The molecule has 1 amide bonds. The molecule has 0 saturated carbocycles. The van der Waals surface area contributed by atoms with Gasteiger partial charge >= 0.3 is 0 Å². The Hall–Kier alpha value is -1.07. The molecule has 0 aromatic carbocycles. The van der Waals surface area contributed by atoms with E-state index in [1.807, 2.05) is 18.4 Å². The number of likely N-dealkylation sites (tertiary alicyclic amines) is 1. The van der Waals surface area contributed by atoms with Gasteiger partial charge in [-0.25, -0.2) is 4.98 Å². The highest BCUT2D eigenvalue weighted by molar-refractivity contribution is 7.98. The quantitative estimate of drug-likeness (QED) is 0.855. The molecule has 4 nitrogen and oxygen atoms in total. The molecule has 104 valence electrons.